The van der Waals surface area contributed by atoms with Crippen LogP contribution in [0.1, 0.15) is 51.5 Å². The molecule has 0 spiro atoms. The summed E-state index contributed by atoms with van der Waals surface area (Å²) in [6.07, 6.45) is -1.14. The van der Waals surface area contributed by atoms with Crippen LogP contribution in [0, 0.1) is 5.92 Å². The molecule has 2 atom stereocenters. The van der Waals surface area contributed by atoms with Crippen molar-refractivity contribution >= 4 is 15.7 Å². The number of hydrogen-bond acceptors (Lipinski definition) is 4. The van der Waals surface area contributed by atoms with Gasteiger partial charge in [0.05, 0.1) is 21.1 Å². The zero-order valence-electron chi connectivity index (χ0n) is 16.1. The van der Waals surface area contributed by atoms with Crippen molar-refractivity contribution in [2.45, 2.75) is 67.8 Å². The number of sulfone groups is 1. The lowest BCUT2D eigenvalue weighted by atomic mass is 9.84. The van der Waals surface area contributed by atoms with E-state index in [1.165, 1.54) is 13.8 Å². The van der Waals surface area contributed by atoms with E-state index in [-0.39, 0.29) is 35.7 Å². The fraction of sp³-hybridized carbons (Fsp3) is 0.632. The molecule has 9 heteroatoms. The molecule has 158 valence electrons. The molecular weight excluding hydrogens is 393 g/mol. The Balaban J connectivity index is 2.06. The summed E-state index contributed by atoms with van der Waals surface area (Å²) in [7, 11) is -4.03. The van der Waals surface area contributed by atoms with Gasteiger partial charge in [-0.05, 0) is 51.3 Å². The van der Waals surface area contributed by atoms with Crippen molar-refractivity contribution < 1.29 is 26.4 Å². The highest BCUT2D eigenvalue weighted by molar-refractivity contribution is 7.92. The Morgan fingerprint density at radius 3 is 2.46 bits per heavy atom. The molecule has 1 aromatic carbocycles. The molecule has 1 aliphatic carbocycles. The van der Waals surface area contributed by atoms with E-state index >= 15 is 0 Å². The lowest BCUT2D eigenvalue weighted by Crippen LogP contribution is -2.45. The monoisotopic (exact) mass is 420 g/mol. The molecule has 0 heterocycles. The number of carbonyl (C=O) groups is 1. The van der Waals surface area contributed by atoms with Crippen LogP contribution in [0.4, 0.5) is 13.2 Å². The van der Waals surface area contributed by atoms with Crippen molar-refractivity contribution in [2.24, 2.45) is 11.7 Å². The second kappa shape index (κ2) is 8.41. The van der Waals surface area contributed by atoms with Crippen molar-refractivity contribution in [1.29, 1.82) is 0 Å². The SMILES string of the molecule is CC(C)(CCNC(=O)[C@H]1CCCC[C@H]1N)S(=O)(=O)c1cccc(C(F)(F)F)c1. The zero-order chi connectivity index (χ0) is 21.2. The lowest BCUT2D eigenvalue weighted by molar-refractivity contribution is -0.137. The third kappa shape index (κ3) is 5.05. The number of carbonyl (C=O) groups excluding carboxylic acids is 1. The smallest absolute Gasteiger partial charge is 0.356 e. The first-order chi connectivity index (χ1) is 12.9. The maximum Gasteiger partial charge on any atom is 0.416 e. The van der Waals surface area contributed by atoms with E-state index in [1.807, 2.05) is 0 Å². The summed E-state index contributed by atoms with van der Waals surface area (Å²) in [5.74, 6) is -0.476. The Hall–Kier alpha value is -1.61. The minimum Gasteiger partial charge on any atom is -0.356 e. The number of hydrogen-bond donors (Lipinski definition) is 2. The molecule has 0 bridgehead atoms. The van der Waals surface area contributed by atoms with Gasteiger partial charge in [0.2, 0.25) is 5.91 Å². The average molecular weight is 420 g/mol. The molecule has 2 rings (SSSR count). The molecule has 1 aliphatic rings. The summed E-state index contributed by atoms with van der Waals surface area (Å²) < 4.78 is 63.1. The van der Waals surface area contributed by atoms with Gasteiger partial charge in [0.25, 0.3) is 0 Å². The van der Waals surface area contributed by atoms with Gasteiger partial charge in [0, 0.05) is 12.6 Å². The molecule has 0 radical (unpaired) electrons. The van der Waals surface area contributed by atoms with Crippen LogP contribution in [-0.4, -0.2) is 31.7 Å². The topological polar surface area (TPSA) is 89.3 Å². The summed E-state index contributed by atoms with van der Waals surface area (Å²) >= 11 is 0. The first kappa shape index (κ1) is 22.7. The quantitative estimate of drug-likeness (QED) is 0.739. The number of nitrogens with two attached hydrogens (primary N) is 1. The summed E-state index contributed by atoms with van der Waals surface area (Å²) in [6.45, 7) is 3.00. The Bertz CT molecular complexity index is 807. The maximum atomic E-state index is 12.9. The molecule has 0 aliphatic heterocycles. The van der Waals surface area contributed by atoms with E-state index in [9.17, 15) is 26.4 Å². The van der Waals surface area contributed by atoms with Crippen LogP contribution in [0.2, 0.25) is 0 Å². The number of rotatable bonds is 6. The summed E-state index contributed by atoms with van der Waals surface area (Å²) in [4.78, 5) is 11.9. The van der Waals surface area contributed by atoms with Crippen LogP contribution in [0.15, 0.2) is 29.2 Å². The molecule has 1 amide bonds. The van der Waals surface area contributed by atoms with Crippen molar-refractivity contribution in [1.82, 2.24) is 5.32 Å². The Kier molecular flexibility index (Phi) is 6.81. The van der Waals surface area contributed by atoms with Crippen molar-refractivity contribution in [3.63, 3.8) is 0 Å². The molecule has 0 saturated heterocycles. The fourth-order valence-corrected chi connectivity index (χ4v) is 4.94. The van der Waals surface area contributed by atoms with Crippen LogP contribution in [0.3, 0.4) is 0 Å². The number of halogens is 3. The first-order valence-electron chi connectivity index (χ1n) is 9.31. The molecule has 1 fully saturated rings. The maximum absolute atomic E-state index is 12.9. The number of amides is 1. The van der Waals surface area contributed by atoms with E-state index in [0.29, 0.717) is 12.5 Å². The number of nitrogens with one attached hydrogen (secondary N) is 1. The van der Waals surface area contributed by atoms with Gasteiger partial charge >= 0.3 is 6.18 Å². The highest BCUT2D eigenvalue weighted by atomic mass is 32.2. The van der Waals surface area contributed by atoms with Gasteiger partial charge in [-0.1, -0.05) is 18.9 Å². The predicted octanol–water partition coefficient (Wildman–Crippen LogP) is 3.28. The predicted molar refractivity (Wildman–Crippen MR) is 100 cm³/mol. The highest BCUT2D eigenvalue weighted by Crippen LogP contribution is 2.34. The summed E-state index contributed by atoms with van der Waals surface area (Å²) in [6, 6.07) is 3.52. The van der Waals surface area contributed by atoms with Crippen LogP contribution < -0.4 is 11.1 Å². The largest absolute Gasteiger partial charge is 0.416 e. The van der Waals surface area contributed by atoms with Gasteiger partial charge in [-0.2, -0.15) is 13.2 Å². The summed E-state index contributed by atoms with van der Waals surface area (Å²) in [5.41, 5.74) is 4.97. The zero-order valence-corrected chi connectivity index (χ0v) is 16.9. The second-order valence-corrected chi connectivity index (χ2v) is 10.5. The Morgan fingerprint density at radius 2 is 1.86 bits per heavy atom. The van der Waals surface area contributed by atoms with Crippen LogP contribution in [0.5, 0.6) is 0 Å². The third-order valence-corrected chi connectivity index (χ3v) is 7.92. The molecular formula is C19H27F3N2O3S. The van der Waals surface area contributed by atoms with E-state index < -0.39 is 26.3 Å². The van der Waals surface area contributed by atoms with E-state index in [0.717, 1.165) is 37.5 Å². The van der Waals surface area contributed by atoms with Gasteiger partial charge in [-0.15, -0.1) is 0 Å². The standard InChI is InChI=1S/C19H27F3N2O3S/c1-18(2,10-11-24-17(25)15-8-3-4-9-16(15)23)28(26,27)14-7-5-6-13(12-14)19(20,21)22/h5-7,12,15-16H,3-4,8-11,23H2,1-2H3,(H,24,25)/t15-,16+/m0/s1. The normalized spacial score (nSPS) is 21.4. The number of alkyl halides is 3. The average Bonchev–Trinajstić information content (AvgIpc) is 2.61. The molecule has 1 saturated carbocycles. The fourth-order valence-electron chi connectivity index (χ4n) is 3.40. The summed E-state index contributed by atoms with van der Waals surface area (Å²) in [5, 5.41) is 2.73. The van der Waals surface area contributed by atoms with E-state index in [1.54, 1.807) is 0 Å². The van der Waals surface area contributed by atoms with Crippen molar-refractivity contribution in [3.05, 3.63) is 29.8 Å². The minimum atomic E-state index is -4.62. The minimum absolute atomic E-state index is 0.0687. The molecule has 0 unspecified atom stereocenters. The van der Waals surface area contributed by atoms with Crippen molar-refractivity contribution in [3.8, 4) is 0 Å². The van der Waals surface area contributed by atoms with E-state index in [2.05, 4.69) is 5.32 Å². The Labute approximate surface area is 163 Å². The molecule has 0 aromatic heterocycles. The molecule has 1 aromatic rings. The Morgan fingerprint density at radius 1 is 1.21 bits per heavy atom. The molecule has 28 heavy (non-hydrogen) atoms. The van der Waals surface area contributed by atoms with Gasteiger partial charge in [-0.25, -0.2) is 8.42 Å². The van der Waals surface area contributed by atoms with Crippen LogP contribution >= 0.6 is 0 Å². The molecule has 3 N–H and O–H groups in total. The van der Waals surface area contributed by atoms with Gasteiger partial charge < -0.3 is 11.1 Å². The third-order valence-electron chi connectivity index (χ3n) is 5.38. The van der Waals surface area contributed by atoms with Gasteiger partial charge in [0.1, 0.15) is 0 Å². The van der Waals surface area contributed by atoms with Crippen LogP contribution in [0.25, 0.3) is 0 Å². The van der Waals surface area contributed by atoms with Crippen molar-refractivity contribution in [2.75, 3.05) is 6.54 Å². The lowest BCUT2D eigenvalue weighted by Gasteiger charge is -2.29. The van der Waals surface area contributed by atoms with E-state index in [4.69, 9.17) is 5.73 Å². The highest BCUT2D eigenvalue weighted by Gasteiger charge is 2.38. The number of benzene rings is 1. The van der Waals surface area contributed by atoms with Gasteiger partial charge in [0.15, 0.2) is 9.84 Å². The van der Waals surface area contributed by atoms with Crippen LogP contribution in [-0.2, 0) is 20.8 Å². The molecule has 5 nitrogen and oxygen atoms in total. The van der Waals surface area contributed by atoms with Gasteiger partial charge in [-0.3, -0.25) is 4.79 Å². The second-order valence-electron chi connectivity index (χ2n) is 7.88. The first-order valence-corrected chi connectivity index (χ1v) is 10.8.